The first kappa shape index (κ1) is 16.5. The first-order chi connectivity index (χ1) is 12.6. The summed E-state index contributed by atoms with van der Waals surface area (Å²) in [4.78, 5) is 12.3. The van der Waals surface area contributed by atoms with Gasteiger partial charge in [-0.05, 0) is 41.3 Å². The first-order valence-corrected chi connectivity index (χ1v) is 8.51. The van der Waals surface area contributed by atoms with E-state index >= 15 is 0 Å². The molecule has 6 heteroatoms. The summed E-state index contributed by atoms with van der Waals surface area (Å²) in [5.74, 6) is 0.876. The number of nitrogens with zero attached hydrogens (tertiary/aromatic N) is 1. The molecular formula is C20H20N2O4. The van der Waals surface area contributed by atoms with Crippen LogP contribution in [0.2, 0.25) is 0 Å². The topological polar surface area (TPSA) is 72.7 Å². The number of hydrogen-bond donors (Lipinski definition) is 2. The summed E-state index contributed by atoms with van der Waals surface area (Å²) in [5.41, 5.74) is 1.85. The molecule has 0 fully saturated rings. The molecule has 2 atom stereocenters. The monoisotopic (exact) mass is 352 g/mol. The van der Waals surface area contributed by atoms with Gasteiger partial charge in [-0.1, -0.05) is 18.2 Å². The number of rotatable bonds is 4. The molecule has 3 aromatic rings. The average molecular weight is 352 g/mol. The zero-order valence-electron chi connectivity index (χ0n) is 14.4. The molecule has 0 unspecified atom stereocenters. The van der Waals surface area contributed by atoms with E-state index in [1.54, 1.807) is 12.1 Å². The summed E-state index contributed by atoms with van der Waals surface area (Å²) in [5, 5.41) is 14.2. The molecule has 6 nitrogen and oxygen atoms in total. The normalized spacial score (nSPS) is 17.1. The summed E-state index contributed by atoms with van der Waals surface area (Å²) < 4.78 is 13.2. The third kappa shape index (κ3) is 3.11. The molecule has 2 aromatic carbocycles. The van der Waals surface area contributed by atoms with Gasteiger partial charge in [-0.15, -0.1) is 0 Å². The van der Waals surface area contributed by atoms with Crippen molar-refractivity contribution in [3.05, 3.63) is 60.3 Å². The summed E-state index contributed by atoms with van der Waals surface area (Å²) in [7, 11) is 1.98. The molecule has 4 rings (SSSR count). The number of hydrogen-bond acceptors (Lipinski definition) is 4. The van der Waals surface area contributed by atoms with Gasteiger partial charge in [0.15, 0.2) is 11.5 Å². The molecule has 2 N–H and O–H groups in total. The lowest BCUT2D eigenvalue weighted by atomic mass is 10.1. The second-order valence-electron chi connectivity index (χ2n) is 6.37. The second kappa shape index (κ2) is 6.72. The molecular weight excluding hydrogens is 332 g/mol. The number of carbonyl (C=O) groups is 1. The van der Waals surface area contributed by atoms with Gasteiger partial charge in [-0.25, -0.2) is 0 Å². The number of aliphatic hydroxyl groups excluding tert-OH is 1. The Bertz CT molecular complexity index is 950. The van der Waals surface area contributed by atoms with Crippen molar-refractivity contribution in [3.63, 3.8) is 0 Å². The molecule has 1 amide bonds. The van der Waals surface area contributed by atoms with Gasteiger partial charge in [0.1, 0.15) is 6.61 Å². The zero-order valence-corrected chi connectivity index (χ0v) is 14.4. The molecule has 26 heavy (non-hydrogen) atoms. The van der Waals surface area contributed by atoms with Gasteiger partial charge in [0.05, 0.1) is 6.10 Å². The van der Waals surface area contributed by atoms with E-state index in [9.17, 15) is 9.90 Å². The number of ether oxygens (including phenoxy) is 2. The van der Waals surface area contributed by atoms with Gasteiger partial charge in [0.2, 0.25) is 6.10 Å². The largest absolute Gasteiger partial charge is 0.485 e. The molecule has 0 saturated heterocycles. The molecule has 1 aromatic heterocycles. The van der Waals surface area contributed by atoms with Crippen molar-refractivity contribution in [1.82, 2.24) is 9.88 Å². The molecule has 0 spiro atoms. The third-order valence-electron chi connectivity index (χ3n) is 4.56. The van der Waals surface area contributed by atoms with Crippen molar-refractivity contribution in [2.45, 2.75) is 12.2 Å². The molecule has 1 aliphatic rings. The highest BCUT2D eigenvalue weighted by Crippen LogP contribution is 2.30. The first-order valence-electron chi connectivity index (χ1n) is 8.51. The van der Waals surface area contributed by atoms with Crippen molar-refractivity contribution in [1.29, 1.82) is 0 Å². The fraction of sp³-hybridized carbons (Fsp3) is 0.250. The number of aryl methyl sites for hydroxylation is 1. The minimum atomic E-state index is -0.791. The van der Waals surface area contributed by atoms with Gasteiger partial charge < -0.3 is 24.5 Å². The molecule has 2 heterocycles. The van der Waals surface area contributed by atoms with Gasteiger partial charge in [-0.3, -0.25) is 4.79 Å². The van der Waals surface area contributed by atoms with Gasteiger partial charge in [0, 0.05) is 25.3 Å². The van der Waals surface area contributed by atoms with Crippen LogP contribution in [-0.2, 0) is 11.8 Å². The van der Waals surface area contributed by atoms with Crippen LogP contribution in [0.1, 0.15) is 11.7 Å². The number of amides is 1. The van der Waals surface area contributed by atoms with E-state index in [4.69, 9.17) is 9.47 Å². The van der Waals surface area contributed by atoms with Crippen molar-refractivity contribution in [2.75, 3.05) is 13.2 Å². The fourth-order valence-electron chi connectivity index (χ4n) is 3.09. The maximum Gasteiger partial charge on any atom is 0.264 e. The van der Waals surface area contributed by atoms with Gasteiger partial charge in [-0.2, -0.15) is 0 Å². The molecule has 0 bridgehead atoms. The average Bonchev–Trinajstić information content (AvgIpc) is 3.05. The van der Waals surface area contributed by atoms with Crippen LogP contribution >= 0.6 is 0 Å². The van der Waals surface area contributed by atoms with Crippen molar-refractivity contribution in [2.24, 2.45) is 7.05 Å². The predicted octanol–water partition coefficient (Wildman–Crippen LogP) is 2.17. The number of nitrogens with one attached hydrogen (secondary N) is 1. The molecule has 0 aliphatic carbocycles. The smallest absolute Gasteiger partial charge is 0.264 e. The standard InChI is InChI=1S/C20H20N2O4/c1-22-9-8-13-10-14(6-7-15(13)22)16(23)11-21-20(24)19-12-25-17-4-2-3-5-18(17)26-19/h2-10,16,19,23H,11-12H2,1H3,(H,21,24)/t16-,19+/m0/s1. The highest BCUT2D eigenvalue weighted by molar-refractivity contribution is 5.82. The molecule has 134 valence electrons. The Morgan fingerprint density at radius 1 is 1.27 bits per heavy atom. The van der Waals surface area contributed by atoms with Crippen molar-refractivity contribution in [3.8, 4) is 11.5 Å². The maximum absolute atomic E-state index is 12.3. The van der Waals surface area contributed by atoms with E-state index in [1.807, 2.05) is 54.2 Å². The van der Waals surface area contributed by atoms with Crippen LogP contribution in [0.5, 0.6) is 11.5 Å². The second-order valence-corrected chi connectivity index (χ2v) is 6.37. The predicted molar refractivity (Wildman–Crippen MR) is 97.2 cm³/mol. The number of aliphatic hydroxyl groups is 1. The summed E-state index contributed by atoms with van der Waals surface area (Å²) in [6, 6.07) is 15.0. The Morgan fingerprint density at radius 2 is 2.08 bits per heavy atom. The lowest BCUT2D eigenvalue weighted by Crippen LogP contribution is -2.45. The Balaban J connectivity index is 1.37. The highest BCUT2D eigenvalue weighted by Gasteiger charge is 2.27. The molecule has 0 radical (unpaired) electrons. The SMILES string of the molecule is Cn1ccc2cc([C@@H](O)CNC(=O)[C@H]3COc4ccccc4O3)ccc21. The number of carbonyl (C=O) groups excluding carboxylic acids is 1. The third-order valence-corrected chi connectivity index (χ3v) is 4.56. The lowest BCUT2D eigenvalue weighted by molar-refractivity contribution is -0.130. The van der Waals surface area contributed by atoms with Crippen molar-refractivity contribution >= 4 is 16.8 Å². The molecule has 0 saturated carbocycles. The summed E-state index contributed by atoms with van der Waals surface area (Å²) in [6.07, 6.45) is 0.454. The summed E-state index contributed by atoms with van der Waals surface area (Å²) >= 11 is 0. The van der Waals surface area contributed by atoms with Gasteiger partial charge in [0.25, 0.3) is 5.91 Å². The van der Waals surface area contributed by atoms with Crippen molar-refractivity contribution < 1.29 is 19.4 Å². The van der Waals surface area contributed by atoms with Crippen LogP contribution in [0.25, 0.3) is 10.9 Å². The quantitative estimate of drug-likeness (QED) is 0.755. The van der Waals surface area contributed by atoms with E-state index < -0.39 is 12.2 Å². The minimum absolute atomic E-state index is 0.110. The van der Waals surface area contributed by atoms with Crippen LogP contribution in [-0.4, -0.2) is 34.8 Å². The van der Waals surface area contributed by atoms with Gasteiger partial charge >= 0.3 is 0 Å². The maximum atomic E-state index is 12.3. The van der Waals surface area contributed by atoms with E-state index in [0.29, 0.717) is 11.5 Å². The number of aromatic nitrogens is 1. The number of fused-ring (bicyclic) bond motifs is 2. The van der Waals surface area contributed by atoms with Crippen LogP contribution in [0.3, 0.4) is 0 Å². The van der Waals surface area contributed by atoms with E-state index in [-0.39, 0.29) is 19.1 Å². The van der Waals surface area contributed by atoms with E-state index in [1.165, 1.54) is 0 Å². The number of benzene rings is 2. The lowest BCUT2D eigenvalue weighted by Gasteiger charge is -2.26. The van der Waals surface area contributed by atoms with E-state index in [2.05, 4.69) is 5.32 Å². The van der Waals surface area contributed by atoms with Crippen LogP contribution < -0.4 is 14.8 Å². The number of para-hydroxylation sites is 2. The minimum Gasteiger partial charge on any atom is -0.485 e. The van der Waals surface area contributed by atoms with E-state index in [0.717, 1.165) is 16.5 Å². The highest BCUT2D eigenvalue weighted by atomic mass is 16.6. The Morgan fingerprint density at radius 3 is 2.92 bits per heavy atom. The summed E-state index contributed by atoms with van der Waals surface area (Å²) in [6.45, 7) is 0.258. The fourth-order valence-corrected chi connectivity index (χ4v) is 3.09. The Hall–Kier alpha value is -2.99. The zero-order chi connectivity index (χ0) is 18.1. The molecule has 1 aliphatic heterocycles. The Labute approximate surface area is 151 Å². The van der Waals surface area contributed by atoms with Crippen LogP contribution in [0.15, 0.2) is 54.7 Å². The van der Waals surface area contributed by atoms with Crippen LogP contribution in [0.4, 0.5) is 0 Å². The Kier molecular flexibility index (Phi) is 4.26. The van der Waals surface area contributed by atoms with Crippen LogP contribution in [0, 0.1) is 0 Å².